The third kappa shape index (κ3) is 5.49. The molecule has 0 aromatic rings. The first-order valence-corrected chi connectivity index (χ1v) is 7.48. The molecule has 0 radical (unpaired) electrons. The molecule has 5 heteroatoms. The molecule has 1 heterocycles. The molecule has 0 aliphatic carbocycles. The SMILES string of the molecule is CNC(=O)C1CCN(C(=O)CC(N)CC(C)(C)C)CC1. The topological polar surface area (TPSA) is 75.4 Å². The lowest BCUT2D eigenvalue weighted by molar-refractivity contribution is -0.135. The van der Waals surface area contributed by atoms with Gasteiger partial charge >= 0.3 is 0 Å². The van der Waals surface area contributed by atoms with Crippen LogP contribution in [0.4, 0.5) is 0 Å². The van der Waals surface area contributed by atoms with Crippen LogP contribution in [0.3, 0.4) is 0 Å². The van der Waals surface area contributed by atoms with E-state index in [0.29, 0.717) is 19.5 Å². The lowest BCUT2D eigenvalue weighted by Gasteiger charge is -2.32. The zero-order valence-corrected chi connectivity index (χ0v) is 13.2. The molecule has 1 unspecified atom stereocenters. The Labute approximate surface area is 122 Å². The fourth-order valence-electron chi connectivity index (χ4n) is 2.81. The number of nitrogens with two attached hydrogens (primary N) is 1. The fraction of sp³-hybridized carbons (Fsp3) is 0.867. The largest absolute Gasteiger partial charge is 0.359 e. The molecule has 3 N–H and O–H groups in total. The molecule has 1 atom stereocenters. The van der Waals surface area contributed by atoms with Crippen LogP contribution in [0.15, 0.2) is 0 Å². The van der Waals surface area contributed by atoms with Crippen molar-refractivity contribution in [1.29, 1.82) is 0 Å². The Morgan fingerprint density at radius 2 is 1.85 bits per heavy atom. The average molecular weight is 283 g/mol. The summed E-state index contributed by atoms with van der Waals surface area (Å²) in [6.07, 6.45) is 2.75. The van der Waals surface area contributed by atoms with Gasteiger partial charge in [0.15, 0.2) is 0 Å². The second kappa shape index (κ2) is 7.07. The quantitative estimate of drug-likeness (QED) is 0.812. The summed E-state index contributed by atoms with van der Waals surface area (Å²) in [6, 6.07) is -0.0841. The number of likely N-dealkylation sites (tertiary alicyclic amines) is 1. The van der Waals surface area contributed by atoms with Gasteiger partial charge in [-0.3, -0.25) is 9.59 Å². The standard InChI is InChI=1S/C15H29N3O2/c1-15(2,3)10-12(16)9-13(19)18-7-5-11(6-8-18)14(20)17-4/h11-12H,5-10,16H2,1-4H3,(H,17,20). The van der Waals surface area contributed by atoms with E-state index in [1.807, 2.05) is 4.90 Å². The molecule has 0 bridgehead atoms. The maximum Gasteiger partial charge on any atom is 0.224 e. The maximum absolute atomic E-state index is 12.2. The van der Waals surface area contributed by atoms with Crippen LogP contribution in [-0.2, 0) is 9.59 Å². The Kier molecular flexibility index (Phi) is 5.99. The Hall–Kier alpha value is -1.10. The molecule has 1 fully saturated rings. The highest BCUT2D eigenvalue weighted by Crippen LogP contribution is 2.22. The third-order valence-electron chi connectivity index (χ3n) is 3.78. The van der Waals surface area contributed by atoms with Crippen molar-refractivity contribution >= 4 is 11.8 Å². The molecule has 0 aromatic carbocycles. The van der Waals surface area contributed by atoms with Crippen molar-refractivity contribution in [3.05, 3.63) is 0 Å². The Morgan fingerprint density at radius 3 is 2.30 bits per heavy atom. The van der Waals surface area contributed by atoms with Crippen molar-refractivity contribution in [3.63, 3.8) is 0 Å². The maximum atomic E-state index is 12.2. The minimum absolute atomic E-state index is 0.0484. The molecule has 0 spiro atoms. The van der Waals surface area contributed by atoms with E-state index < -0.39 is 0 Å². The van der Waals surface area contributed by atoms with Crippen molar-refractivity contribution in [3.8, 4) is 0 Å². The van der Waals surface area contributed by atoms with Gasteiger partial charge in [0.1, 0.15) is 0 Å². The van der Waals surface area contributed by atoms with Crippen LogP contribution >= 0.6 is 0 Å². The third-order valence-corrected chi connectivity index (χ3v) is 3.78. The number of nitrogens with one attached hydrogen (secondary N) is 1. The van der Waals surface area contributed by atoms with Crippen molar-refractivity contribution in [2.45, 2.75) is 52.5 Å². The predicted molar refractivity (Wildman–Crippen MR) is 80.0 cm³/mol. The normalized spacial score (nSPS) is 18.8. The van der Waals surface area contributed by atoms with Gasteiger partial charge in [0, 0.05) is 38.5 Å². The monoisotopic (exact) mass is 283 g/mol. The van der Waals surface area contributed by atoms with Crippen molar-refractivity contribution in [1.82, 2.24) is 10.2 Å². The number of piperidine rings is 1. The molecule has 116 valence electrons. The van der Waals surface area contributed by atoms with Gasteiger partial charge in [-0.2, -0.15) is 0 Å². The van der Waals surface area contributed by atoms with E-state index in [0.717, 1.165) is 19.3 Å². The molecule has 0 aromatic heterocycles. The fourth-order valence-corrected chi connectivity index (χ4v) is 2.81. The molecule has 1 aliphatic rings. The lowest BCUT2D eigenvalue weighted by atomic mass is 9.87. The number of carbonyl (C=O) groups excluding carboxylic acids is 2. The van der Waals surface area contributed by atoms with E-state index >= 15 is 0 Å². The van der Waals surface area contributed by atoms with Gasteiger partial charge in [-0.15, -0.1) is 0 Å². The highest BCUT2D eigenvalue weighted by Gasteiger charge is 2.28. The number of hydrogen-bond acceptors (Lipinski definition) is 3. The van der Waals surface area contributed by atoms with E-state index in [9.17, 15) is 9.59 Å². The van der Waals surface area contributed by atoms with Gasteiger partial charge in [0.2, 0.25) is 11.8 Å². The van der Waals surface area contributed by atoms with Gasteiger partial charge in [-0.1, -0.05) is 20.8 Å². The molecule has 1 aliphatic heterocycles. The number of hydrogen-bond donors (Lipinski definition) is 2. The molecular weight excluding hydrogens is 254 g/mol. The molecule has 1 rings (SSSR count). The minimum Gasteiger partial charge on any atom is -0.359 e. The molecule has 5 nitrogen and oxygen atoms in total. The first kappa shape index (κ1) is 17.0. The number of nitrogens with zero attached hydrogens (tertiary/aromatic N) is 1. The van der Waals surface area contributed by atoms with Crippen molar-refractivity contribution in [2.24, 2.45) is 17.1 Å². The Morgan fingerprint density at radius 1 is 1.30 bits per heavy atom. The summed E-state index contributed by atoms with van der Waals surface area (Å²) in [5.74, 6) is 0.255. The van der Waals surface area contributed by atoms with E-state index in [1.165, 1.54) is 0 Å². The molecule has 2 amide bonds. The van der Waals surface area contributed by atoms with Crippen molar-refractivity contribution < 1.29 is 9.59 Å². The van der Waals surface area contributed by atoms with E-state index in [4.69, 9.17) is 5.73 Å². The molecule has 20 heavy (non-hydrogen) atoms. The van der Waals surface area contributed by atoms with Gasteiger partial charge in [0.25, 0.3) is 0 Å². The zero-order chi connectivity index (χ0) is 15.3. The van der Waals surface area contributed by atoms with Crippen LogP contribution in [0.1, 0.15) is 46.5 Å². The van der Waals surface area contributed by atoms with Crippen LogP contribution < -0.4 is 11.1 Å². The molecule has 0 saturated carbocycles. The first-order chi connectivity index (χ1) is 9.23. The van der Waals surface area contributed by atoms with Crippen LogP contribution in [0, 0.1) is 11.3 Å². The van der Waals surface area contributed by atoms with Gasteiger partial charge in [0.05, 0.1) is 0 Å². The van der Waals surface area contributed by atoms with Crippen LogP contribution in [-0.4, -0.2) is 42.9 Å². The highest BCUT2D eigenvalue weighted by atomic mass is 16.2. The number of amides is 2. The summed E-state index contributed by atoms with van der Waals surface area (Å²) in [7, 11) is 1.66. The lowest BCUT2D eigenvalue weighted by Crippen LogP contribution is -2.44. The summed E-state index contributed by atoms with van der Waals surface area (Å²) in [4.78, 5) is 25.6. The van der Waals surface area contributed by atoms with E-state index in [2.05, 4.69) is 26.1 Å². The summed E-state index contributed by atoms with van der Waals surface area (Å²) in [5.41, 5.74) is 6.20. The summed E-state index contributed by atoms with van der Waals surface area (Å²) in [5, 5.41) is 2.67. The number of rotatable bonds is 4. The van der Waals surface area contributed by atoms with Crippen LogP contribution in [0.25, 0.3) is 0 Å². The average Bonchev–Trinajstić information content (AvgIpc) is 2.35. The minimum atomic E-state index is -0.0841. The Bertz CT molecular complexity index is 342. The smallest absolute Gasteiger partial charge is 0.224 e. The van der Waals surface area contributed by atoms with Crippen molar-refractivity contribution in [2.75, 3.05) is 20.1 Å². The van der Waals surface area contributed by atoms with Gasteiger partial charge in [-0.05, 0) is 24.7 Å². The zero-order valence-electron chi connectivity index (χ0n) is 13.2. The van der Waals surface area contributed by atoms with Gasteiger partial charge in [-0.25, -0.2) is 0 Å². The summed E-state index contributed by atoms with van der Waals surface area (Å²) >= 11 is 0. The summed E-state index contributed by atoms with van der Waals surface area (Å²) in [6.45, 7) is 7.73. The highest BCUT2D eigenvalue weighted by molar-refractivity contribution is 5.80. The Balaban J connectivity index is 2.38. The predicted octanol–water partition coefficient (Wildman–Crippen LogP) is 1.12. The van der Waals surface area contributed by atoms with E-state index in [-0.39, 0.29) is 29.2 Å². The second-order valence-corrected chi connectivity index (χ2v) is 7.00. The van der Waals surface area contributed by atoms with Crippen LogP contribution in [0.5, 0.6) is 0 Å². The van der Waals surface area contributed by atoms with Gasteiger partial charge < -0.3 is 16.0 Å². The van der Waals surface area contributed by atoms with Crippen LogP contribution in [0.2, 0.25) is 0 Å². The molecular formula is C15H29N3O2. The van der Waals surface area contributed by atoms with E-state index in [1.54, 1.807) is 7.05 Å². The summed E-state index contributed by atoms with van der Waals surface area (Å²) < 4.78 is 0. The number of carbonyl (C=O) groups is 2. The molecule has 1 saturated heterocycles. The second-order valence-electron chi connectivity index (χ2n) is 7.00. The first-order valence-electron chi connectivity index (χ1n) is 7.48.